The second kappa shape index (κ2) is 8.26. The van der Waals surface area contributed by atoms with Crippen LogP contribution < -0.4 is 5.32 Å². The molecule has 1 rings (SSSR count). The summed E-state index contributed by atoms with van der Waals surface area (Å²) in [7, 11) is 0. The Hall–Kier alpha value is -0.860. The monoisotopic (exact) mass is 260 g/mol. The molecule has 1 atom stereocenters. The van der Waals surface area contributed by atoms with E-state index < -0.39 is 19.4 Å². The molecule has 0 heterocycles. The quantitative estimate of drug-likeness (QED) is 0.795. The van der Waals surface area contributed by atoms with Crippen molar-refractivity contribution in [3.05, 3.63) is 35.4 Å². The van der Waals surface area contributed by atoms with Gasteiger partial charge in [-0.1, -0.05) is 50.0 Å². The third-order valence-corrected chi connectivity index (χ3v) is 2.48. The zero-order valence-corrected chi connectivity index (χ0v) is 10.9. The molecule has 1 aromatic rings. The van der Waals surface area contributed by atoms with Crippen LogP contribution in [0.25, 0.3) is 0 Å². The van der Waals surface area contributed by atoms with Crippen molar-refractivity contribution in [1.82, 2.24) is 5.32 Å². The summed E-state index contributed by atoms with van der Waals surface area (Å²) in [6, 6.07) is 6.09. The largest absolute Gasteiger partial charge is 0.307 e. The van der Waals surface area contributed by atoms with Crippen LogP contribution in [0.2, 0.25) is 0 Å². The molecule has 3 heteroatoms. The first-order valence-electron chi connectivity index (χ1n) is 7.97. The van der Waals surface area contributed by atoms with E-state index in [0.717, 1.165) is 5.56 Å². The lowest BCUT2D eigenvalue weighted by atomic mass is 9.99. The van der Waals surface area contributed by atoms with Crippen molar-refractivity contribution < 1.29 is 11.6 Å². The number of hydrogen-bond acceptors (Lipinski definition) is 2. The average Bonchev–Trinajstić information content (AvgIpc) is 2.37. The van der Waals surface area contributed by atoms with Gasteiger partial charge >= 0.3 is 0 Å². The summed E-state index contributed by atoms with van der Waals surface area (Å²) >= 11 is 0. The van der Waals surface area contributed by atoms with Gasteiger partial charge in [-0.3, -0.25) is 4.79 Å². The highest BCUT2D eigenvalue weighted by Gasteiger charge is 2.17. The number of rotatable bonds is 6. The predicted molar refractivity (Wildman–Crippen MR) is 75.1 cm³/mol. The minimum atomic E-state index is -2.83. The van der Waals surface area contributed by atoms with E-state index in [9.17, 15) is 4.79 Å². The molecule has 0 aliphatic rings. The van der Waals surface area contributed by atoms with E-state index >= 15 is 0 Å². The number of aryl methyl sites for hydroxylation is 1. The molecule has 0 aliphatic carbocycles. The number of Topliss-reactive ketones (excluding diaryl/α,β-unsaturated/α-hetero) is 1. The van der Waals surface area contributed by atoms with Gasteiger partial charge in [-0.15, -0.1) is 12.4 Å². The lowest BCUT2D eigenvalue weighted by Gasteiger charge is -2.15. The van der Waals surface area contributed by atoms with Crippen molar-refractivity contribution in [2.45, 2.75) is 39.6 Å². The topological polar surface area (TPSA) is 29.1 Å². The predicted octanol–water partition coefficient (Wildman–Crippen LogP) is 3.38. The molecule has 0 saturated heterocycles. The normalized spacial score (nSPS) is 17.6. The Balaban J connectivity index is 0.00000441. The Morgan fingerprint density at radius 2 is 2.12 bits per heavy atom. The van der Waals surface area contributed by atoms with Crippen LogP contribution in [0.1, 0.15) is 49.4 Å². The maximum Gasteiger partial charge on any atom is 0.179 e. The van der Waals surface area contributed by atoms with Crippen LogP contribution in [0.3, 0.4) is 0 Å². The number of carbonyl (C=O) groups excluding carboxylic acids is 1. The SMILES string of the molecule is Cl.[2H]C([2H])([2H])C([2H])([2H])NC(CCC)C(=O)c1ccc(C)cc1. The summed E-state index contributed by atoms with van der Waals surface area (Å²) in [4.78, 5) is 12.4. The van der Waals surface area contributed by atoms with E-state index in [2.05, 4.69) is 5.32 Å². The van der Waals surface area contributed by atoms with Crippen molar-refractivity contribution in [3.8, 4) is 0 Å². The second-order valence-electron chi connectivity index (χ2n) is 3.84. The van der Waals surface area contributed by atoms with E-state index in [0.29, 0.717) is 18.4 Å². The van der Waals surface area contributed by atoms with Crippen molar-refractivity contribution >= 4 is 18.2 Å². The van der Waals surface area contributed by atoms with Gasteiger partial charge in [-0.25, -0.2) is 0 Å². The second-order valence-corrected chi connectivity index (χ2v) is 3.84. The van der Waals surface area contributed by atoms with Crippen LogP contribution in [-0.2, 0) is 0 Å². The fourth-order valence-electron chi connectivity index (χ4n) is 1.56. The lowest BCUT2D eigenvalue weighted by Crippen LogP contribution is -2.36. The summed E-state index contributed by atoms with van der Waals surface area (Å²) in [5, 5.41) is 2.37. The zero-order valence-electron chi connectivity index (χ0n) is 15.1. The molecule has 0 radical (unpaired) electrons. The van der Waals surface area contributed by atoms with Gasteiger partial charge in [0.2, 0.25) is 0 Å². The van der Waals surface area contributed by atoms with Gasteiger partial charge in [0, 0.05) is 12.4 Å². The molecule has 1 unspecified atom stereocenters. The molecule has 1 aromatic carbocycles. The number of ketones is 1. The summed E-state index contributed by atoms with van der Waals surface area (Å²) in [6.07, 6.45) is 1.02. The fourth-order valence-corrected chi connectivity index (χ4v) is 1.56. The third kappa shape index (κ3) is 4.88. The third-order valence-electron chi connectivity index (χ3n) is 2.48. The highest BCUT2D eigenvalue weighted by molar-refractivity contribution is 6.00. The standard InChI is InChI=1S/C14H21NO.ClH/c1-4-6-13(15-5-2)14(16)12-9-7-11(3)8-10-12;/h7-10,13,15H,4-6H2,1-3H3;1H/i2D3,5D2;. The summed E-state index contributed by atoms with van der Waals surface area (Å²) in [5.74, 6) is -0.287. The van der Waals surface area contributed by atoms with Gasteiger partial charge in [0.05, 0.1) is 6.04 Å². The maximum absolute atomic E-state index is 12.4. The van der Waals surface area contributed by atoms with Crippen LogP contribution in [0.5, 0.6) is 0 Å². The van der Waals surface area contributed by atoms with Crippen LogP contribution in [0.15, 0.2) is 24.3 Å². The van der Waals surface area contributed by atoms with Gasteiger partial charge in [-0.05, 0) is 19.8 Å². The van der Waals surface area contributed by atoms with Gasteiger partial charge in [0.25, 0.3) is 0 Å². The van der Waals surface area contributed by atoms with E-state index in [1.807, 2.05) is 13.8 Å². The lowest BCUT2D eigenvalue weighted by molar-refractivity contribution is 0.0938. The molecule has 0 aliphatic heterocycles. The maximum atomic E-state index is 12.4. The highest BCUT2D eigenvalue weighted by atomic mass is 35.5. The molecular weight excluding hydrogens is 234 g/mol. The number of benzene rings is 1. The van der Waals surface area contributed by atoms with Crippen molar-refractivity contribution in [2.24, 2.45) is 0 Å². The molecule has 17 heavy (non-hydrogen) atoms. The summed E-state index contributed by atoms with van der Waals surface area (Å²) < 4.78 is 36.9. The zero-order chi connectivity index (χ0) is 16.3. The molecule has 0 aromatic heterocycles. The van der Waals surface area contributed by atoms with Gasteiger partial charge in [0.15, 0.2) is 5.78 Å². The molecule has 1 N–H and O–H groups in total. The Morgan fingerprint density at radius 1 is 1.47 bits per heavy atom. The van der Waals surface area contributed by atoms with Gasteiger partial charge in [0.1, 0.15) is 0 Å². The first-order chi connectivity index (χ1) is 9.58. The molecule has 96 valence electrons. The van der Waals surface area contributed by atoms with Crippen molar-refractivity contribution in [2.75, 3.05) is 6.50 Å². The molecular formula is C14H22ClNO. The van der Waals surface area contributed by atoms with E-state index in [1.165, 1.54) is 0 Å². The highest BCUT2D eigenvalue weighted by Crippen LogP contribution is 2.09. The molecule has 0 bridgehead atoms. The Kier molecular flexibility index (Phi) is 4.43. The number of halogens is 1. The molecule has 0 saturated carbocycles. The van der Waals surface area contributed by atoms with E-state index in [-0.39, 0.29) is 18.2 Å². The molecule has 0 fully saturated rings. The number of likely N-dealkylation sites (N-methyl/N-ethyl adjacent to an activating group) is 1. The molecule has 0 amide bonds. The summed E-state index contributed by atoms with van der Waals surface area (Å²) in [6.45, 7) is -1.66. The Morgan fingerprint density at radius 3 is 2.65 bits per heavy atom. The number of nitrogens with one attached hydrogen (secondary N) is 1. The van der Waals surface area contributed by atoms with Crippen LogP contribution in [-0.4, -0.2) is 18.3 Å². The minimum absolute atomic E-state index is 0. The number of hydrogen-bond donors (Lipinski definition) is 1. The smallest absolute Gasteiger partial charge is 0.179 e. The van der Waals surface area contributed by atoms with Crippen LogP contribution in [0, 0.1) is 6.92 Å². The van der Waals surface area contributed by atoms with Crippen molar-refractivity contribution in [3.63, 3.8) is 0 Å². The molecule has 2 nitrogen and oxygen atoms in total. The fraction of sp³-hybridized carbons (Fsp3) is 0.500. The first-order valence-corrected chi connectivity index (χ1v) is 5.47. The number of carbonyl (C=O) groups is 1. The van der Waals surface area contributed by atoms with E-state index in [4.69, 9.17) is 6.85 Å². The van der Waals surface area contributed by atoms with Crippen molar-refractivity contribution in [1.29, 1.82) is 0 Å². The Labute approximate surface area is 117 Å². The van der Waals surface area contributed by atoms with Crippen LogP contribution in [0.4, 0.5) is 0 Å². The van der Waals surface area contributed by atoms with Crippen LogP contribution >= 0.6 is 12.4 Å². The first kappa shape index (κ1) is 9.12. The van der Waals surface area contributed by atoms with Gasteiger partial charge in [-0.2, -0.15) is 0 Å². The van der Waals surface area contributed by atoms with E-state index in [1.54, 1.807) is 24.3 Å². The van der Waals surface area contributed by atoms with Gasteiger partial charge < -0.3 is 5.32 Å². The minimum Gasteiger partial charge on any atom is -0.307 e. The summed E-state index contributed by atoms with van der Waals surface area (Å²) in [5.41, 5.74) is 1.47. The molecule has 0 spiro atoms. The Bertz CT molecular complexity index is 487. The average molecular weight is 261 g/mol.